The molecule has 2 aromatic heterocycles. The Balaban J connectivity index is 0.984. The molecule has 6 rings (SSSR count). The van der Waals surface area contributed by atoms with Crippen molar-refractivity contribution in [3.8, 4) is 11.4 Å². The standard InChI is InChI=1S/C30H35N7O4/c1-3-22(2)37-30(38)36(21-33-37)25-6-4-23(5-7-25)34-14-16-35(17-15-34)24-8-10-26(11-9-24)39-18-27-19-40-29(41-27)28-12-13-31-20-32-28/h4-13,20-22,27,29H,3,14-19H2,1-2H3/t22?,27-,29-/m1/s1. The SMILES string of the molecule is CCC(C)n1ncn(-c2ccc(N3CCN(c4ccc(OC[C@@H]5CO[C@@H](c6ccncn6)O5)cc4)CC3)cc2)c1=O. The Kier molecular flexibility index (Phi) is 7.97. The van der Waals surface area contributed by atoms with Gasteiger partial charge in [0.1, 0.15) is 31.1 Å². The van der Waals surface area contributed by atoms with Crippen LogP contribution in [0.1, 0.15) is 38.3 Å². The zero-order chi connectivity index (χ0) is 28.2. The van der Waals surface area contributed by atoms with Gasteiger partial charge in [-0.15, -0.1) is 0 Å². The van der Waals surface area contributed by atoms with Gasteiger partial charge in [-0.2, -0.15) is 5.10 Å². The molecule has 11 heteroatoms. The fraction of sp³-hybridized carbons (Fsp3) is 0.400. The van der Waals surface area contributed by atoms with Crippen molar-refractivity contribution in [2.24, 2.45) is 0 Å². The maximum absolute atomic E-state index is 12.7. The average Bonchev–Trinajstić information content (AvgIpc) is 3.67. The van der Waals surface area contributed by atoms with Gasteiger partial charge in [0.05, 0.1) is 24.0 Å². The quantitative estimate of drug-likeness (QED) is 0.306. The maximum atomic E-state index is 12.7. The first-order valence-electron chi connectivity index (χ1n) is 14.1. The van der Waals surface area contributed by atoms with Crippen LogP contribution in [-0.4, -0.2) is 69.8 Å². The minimum Gasteiger partial charge on any atom is -0.491 e. The number of hydrogen-bond donors (Lipinski definition) is 0. The third kappa shape index (κ3) is 5.96. The highest BCUT2D eigenvalue weighted by Gasteiger charge is 2.29. The number of nitrogens with zero attached hydrogens (tertiary/aromatic N) is 7. The van der Waals surface area contributed by atoms with Crippen LogP contribution in [0.25, 0.3) is 5.69 Å². The number of ether oxygens (including phenoxy) is 3. The molecule has 0 bridgehead atoms. The molecule has 4 heterocycles. The van der Waals surface area contributed by atoms with Crippen LogP contribution in [0, 0.1) is 0 Å². The van der Waals surface area contributed by atoms with Crippen LogP contribution in [0.3, 0.4) is 0 Å². The Morgan fingerprint density at radius 2 is 1.61 bits per heavy atom. The molecule has 11 nitrogen and oxygen atoms in total. The second-order valence-electron chi connectivity index (χ2n) is 10.3. The van der Waals surface area contributed by atoms with Gasteiger partial charge < -0.3 is 24.0 Å². The smallest absolute Gasteiger partial charge is 0.350 e. The lowest BCUT2D eigenvalue weighted by molar-refractivity contribution is -0.0688. The minimum atomic E-state index is -0.477. The van der Waals surface area contributed by atoms with Crippen molar-refractivity contribution in [3.63, 3.8) is 0 Å². The maximum Gasteiger partial charge on any atom is 0.350 e. The lowest BCUT2D eigenvalue weighted by Crippen LogP contribution is -2.46. The van der Waals surface area contributed by atoms with Crippen LogP contribution in [0.15, 0.2) is 78.2 Å². The van der Waals surface area contributed by atoms with E-state index >= 15 is 0 Å². The van der Waals surface area contributed by atoms with E-state index in [2.05, 4.69) is 56.1 Å². The Bertz CT molecular complexity index is 1470. The summed E-state index contributed by atoms with van der Waals surface area (Å²) in [7, 11) is 0. The van der Waals surface area contributed by atoms with E-state index in [9.17, 15) is 4.79 Å². The highest BCUT2D eigenvalue weighted by molar-refractivity contribution is 5.54. The highest BCUT2D eigenvalue weighted by Crippen LogP contribution is 2.27. The van der Waals surface area contributed by atoms with Gasteiger partial charge in [0.15, 0.2) is 0 Å². The van der Waals surface area contributed by atoms with E-state index in [-0.39, 0.29) is 17.8 Å². The summed E-state index contributed by atoms with van der Waals surface area (Å²) in [5, 5.41) is 4.29. The van der Waals surface area contributed by atoms with Crippen molar-refractivity contribution in [1.82, 2.24) is 24.3 Å². The Labute approximate surface area is 238 Å². The molecule has 4 aromatic rings. The predicted octanol–water partition coefficient (Wildman–Crippen LogP) is 3.61. The van der Waals surface area contributed by atoms with E-state index < -0.39 is 6.29 Å². The normalized spacial score (nSPS) is 19.9. The number of aromatic nitrogens is 5. The average molecular weight is 558 g/mol. The number of hydrogen-bond acceptors (Lipinski definition) is 9. The molecule has 214 valence electrons. The summed E-state index contributed by atoms with van der Waals surface area (Å²) in [6.07, 6.45) is 5.00. The molecule has 3 atom stereocenters. The molecular weight excluding hydrogens is 522 g/mol. The molecule has 0 aliphatic carbocycles. The molecule has 1 unspecified atom stereocenters. The van der Waals surface area contributed by atoms with Crippen molar-refractivity contribution in [1.29, 1.82) is 0 Å². The molecule has 2 fully saturated rings. The molecule has 2 saturated heterocycles. The van der Waals surface area contributed by atoms with Crippen molar-refractivity contribution < 1.29 is 14.2 Å². The second kappa shape index (κ2) is 12.1. The first kappa shape index (κ1) is 27.0. The zero-order valence-electron chi connectivity index (χ0n) is 23.4. The molecule has 2 aromatic carbocycles. The largest absolute Gasteiger partial charge is 0.491 e. The molecule has 0 amide bonds. The lowest BCUT2D eigenvalue weighted by atomic mass is 10.2. The summed E-state index contributed by atoms with van der Waals surface area (Å²) in [6.45, 7) is 8.59. The van der Waals surface area contributed by atoms with Gasteiger partial charge in [-0.3, -0.25) is 0 Å². The van der Waals surface area contributed by atoms with Crippen LogP contribution in [-0.2, 0) is 9.47 Å². The summed E-state index contributed by atoms with van der Waals surface area (Å²) in [5.74, 6) is 0.801. The number of piperazine rings is 1. The molecule has 0 radical (unpaired) electrons. The van der Waals surface area contributed by atoms with Crippen molar-refractivity contribution in [2.75, 3.05) is 49.2 Å². The second-order valence-corrected chi connectivity index (χ2v) is 10.3. The van der Waals surface area contributed by atoms with E-state index in [1.54, 1.807) is 27.8 Å². The van der Waals surface area contributed by atoms with Gasteiger partial charge in [-0.1, -0.05) is 6.92 Å². The monoisotopic (exact) mass is 557 g/mol. The number of anilines is 2. The minimum absolute atomic E-state index is 0.0780. The van der Waals surface area contributed by atoms with Gasteiger partial charge in [-0.25, -0.2) is 24.0 Å². The lowest BCUT2D eigenvalue weighted by Gasteiger charge is -2.37. The van der Waals surface area contributed by atoms with Crippen LogP contribution >= 0.6 is 0 Å². The third-order valence-electron chi connectivity index (χ3n) is 7.71. The Hall–Kier alpha value is -4.22. The van der Waals surface area contributed by atoms with E-state index in [0.717, 1.165) is 49.7 Å². The predicted molar refractivity (Wildman–Crippen MR) is 155 cm³/mol. The van der Waals surface area contributed by atoms with Crippen LogP contribution < -0.4 is 20.2 Å². The van der Waals surface area contributed by atoms with Crippen LogP contribution in [0.5, 0.6) is 5.75 Å². The summed E-state index contributed by atoms with van der Waals surface area (Å²) >= 11 is 0. The Morgan fingerprint density at radius 3 is 2.24 bits per heavy atom. The Morgan fingerprint density at radius 1 is 0.951 bits per heavy atom. The fourth-order valence-electron chi connectivity index (χ4n) is 5.09. The topological polar surface area (TPSA) is 99.8 Å². The molecule has 0 spiro atoms. The number of benzene rings is 2. The molecule has 41 heavy (non-hydrogen) atoms. The molecular formula is C30H35N7O4. The van der Waals surface area contributed by atoms with Gasteiger partial charge in [0, 0.05) is 43.8 Å². The molecule has 2 aliphatic heterocycles. The van der Waals surface area contributed by atoms with E-state index in [0.29, 0.717) is 18.9 Å². The summed E-state index contributed by atoms with van der Waals surface area (Å²) in [6, 6.07) is 18.2. The zero-order valence-corrected chi connectivity index (χ0v) is 23.4. The van der Waals surface area contributed by atoms with Crippen molar-refractivity contribution >= 4 is 11.4 Å². The van der Waals surface area contributed by atoms with Crippen molar-refractivity contribution in [2.45, 2.75) is 38.7 Å². The molecule has 2 aliphatic rings. The van der Waals surface area contributed by atoms with Crippen molar-refractivity contribution in [3.05, 3.63) is 89.6 Å². The first-order valence-corrected chi connectivity index (χ1v) is 14.1. The first-order chi connectivity index (χ1) is 20.1. The van der Waals surface area contributed by atoms with E-state index in [1.165, 1.54) is 12.0 Å². The van der Waals surface area contributed by atoms with Crippen LogP contribution in [0.4, 0.5) is 11.4 Å². The molecule has 0 N–H and O–H groups in total. The molecule has 0 saturated carbocycles. The van der Waals surface area contributed by atoms with Gasteiger partial charge in [-0.05, 0) is 67.9 Å². The highest BCUT2D eigenvalue weighted by atomic mass is 16.7. The van der Waals surface area contributed by atoms with Gasteiger partial charge >= 0.3 is 5.69 Å². The van der Waals surface area contributed by atoms with E-state index in [4.69, 9.17) is 14.2 Å². The summed E-state index contributed by atoms with van der Waals surface area (Å²) < 4.78 is 20.7. The van der Waals surface area contributed by atoms with E-state index in [1.807, 2.05) is 31.2 Å². The summed E-state index contributed by atoms with van der Waals surface area (Å²) in [5.41, 5.74) is 3.76. The third-order valence-corrected chi connectivity index (χ3v) is 7.71. The number of rotatable bonds is 9. The van der Waals surface area contributed by atoms with Gasteiger partial charge in [0.25, 0.3) is 0 Å². The fourth-order valence-corrected chi connectivity index (χ4v) is 5.09. The summed E-state index contributed by atoms with van der Waals surface area (Å²) in [4.78, 5) is 25.6. The van der Waals surface area contributed by atoms with Gasteiger partial charge in [0.2, 0.25) is 6.29 Å². The van der Waals surface area contributed by atoms with Crippen LogP contribution in [0.2, 0.25) is 0 Å².